The number of halogens is 2. The maximum absolute atomic E-state index is 6.24. The molecule has 2 rings (SSSR count). The van der Waals surface area contributed by atoms with E-state index in [-0.39, 0.29) is 5.92 Å². The van der Waals surface area contributed by atoms with E-state index >= 15 is 0 Å². The van der Waals surface area contributed by atoms with E-state index < -0.39 is 0 Å². The number of ether oxygens (including phenoxy) is 2. The Morgan fingerprint density at radius 3 is 2.10 bits per heavy atom. The first kappa shape index (κ1) is 15.9. The van der Waals surface area contributed by atoms with Crippen molar-refractivity contribution in [3.8, 4) is 22.9 Å². The molecule has 0 N–H and O–H groups in total. The molecule has 0 aliphatic rings. The summed E-state index contributed by atoms with van der Waals surface area (Å²) in [6.45, 7) is 3.98. The minimum Gasteiger partial charge on any atom is -0.493 e. The van der Waals surface area contributed by atoms with Crippen LogP contribution in [0.5, 0.6) is 11.5 Å². The summed E-state index contributed by atoms with van der Waals surface area (Å²) in [6.07, 6.45) is 0. The van der Waals surface area contributed by atoms with Gasteiger partial charge in [0.15, 0.2) is 17.3 Å². The third-order valence-corrected chi connectivity index (χ3v) is 3.65. The largest absolute Gasteiger partial charge is 0.493 e. The molecule has 0 saturated heterocycles. The first-order chi connectivity index (χ1) is 9.99. The first-order valence-corrected chi connectivity index (χ1v) is 7.19. The van der Waals surface area contributed by atoms with Crippen LogP contribution >= 0.6 is 23.2 Å². The molecule has 0 atom stereocenters. The molecule has 0 bridgehead atoms. The van der Waals surface area contributed by atoms with Crippen molar-refractivity contribution in [2.75, 3.05) is 14.2 Å². The number of hydrogen-bond acceptors (Lipinski definition) is 4. The molecule has 0 saturated carbocycles. The second kappa shape index (κ2) is 6.50. The van der Waals surface area contributed by atoms with Gasteiger partial charge in [0.25, 0.3) is 0 Å². The molecule has 0 amide bonds. The van der Waals surface area contributed by atoms with Gasteiger partial charge < -0.3 is 9.47 Å². The Labute approximate surface area is 134 Å². The fourth-order valence-corrected chi connectivity index (χ4v) is 2.90. The Bertz CT molecular complexity index is 637. The van der Waals surface area contributed by atoms with Crippen LogP contribution in [0.4, 0.5) is 0 Å². The SMILES string of the molecule is COc1cccc(-c2nc(Cl)c(C(C)C)c(Cl)n2)c1OC. The van der Waals surface area contributed by atoms with Gasteiger partial charge in [0.2, 0.25) is 0 Å². The van der Waals surface area contributed by atoms with Crippen molar-refractivity contribution >= 4 is 23.2 Å². The number of nitrogens with zero attached hydrogens (tertiary/aromatic N) is 2. The van der Waals surface area contributed by atoms with Crippen molar-refractivity contribution in [1.82, 2.24) is 9.97 Å². The van der Waals surface area contributed by atoms with Crippen LogP contribution in [0.15, 0.2) is 18.2 Å². The maximum atomic E-state index is 6.24. The van der Waals surface area contributed by atoms with Crippen LogP contribution in [0.2, 0.25) is 10.3 Å². The minimum absolute atomic E-state index is 0.145. The van der Waals surface area contributed by atoms with Gasteiger partial charge in [-0.2, -0.15) is 0 Å². The van der Waals surface area contributed by atoms with E-state index in [2.05, 4.69) is 9.97 Å². The molecular weight excluding hydrogens is 311 g/mol. The van der Waals surface area contributed by atoms with Crippen molar-refractivity contribution in [3.05, 3.63) is 34.1 Å². The van der Waals surface area contributed by atoms with Gasteiger partial charge in [-0.05, 0) is 18.1 Å². The fourth-order valence-electron chi connectivity index (χ4n) is 2.08. The Morgan fingerprint density at radius 1 is 1.00 bits per heavy atom. The predicted molar refractivity (Wildman–Crippen MR) is 84.7 cm³/mol. The molecule has 21 heavy (non-hydrogen) atoms. The van der Waals surface area contributed by atoms with Crippen LogP contribution in [0, 0.1) is 0 Å². The van der Waals surface area contributed by atoms with Gasteiger partial charge in [-0.1, -0.05) is 43.1 Å². The van der Waals surface area contributed by atoms with Crippen LogP contribution in [-0.4, -0.2) is 24.2 Å². The Kier molecular flexibility index (Phi) is 4.91. The molecule has 1 aromatic heterocycles. The molecule has 112 valence electrons. The summed E-state index contributed by atoms with van der Waals surface area (Å²) < 4.78 is 10.7. The van der Waals surface area contributed by atoms with Crippen LogP contribution in [0.25, 0.3) is 11.4 Å². The molecular formula is C15H16Cl2N2O2. The maximum Gasteiger partial charge on any atom is 0.171 e. The molecule has 4 nitrogen and oxygen atoms in total. The molecule has 0 aliphatic carbocycles. The number of rotatable bonds is 4. The number of aromatic nitrogens is 2. The van der Waals surface area contributed by atoms with Crippen molar-refractivity contribution in [2.24, 2.45) is 0 Å². The fraction of sp³-hybridized carbons (Fsp3) is 0.333. The lowest BCUT2D eigenvalue weighted by Crippen LogP contribution is -2.01. The lowest BCUT2D eigenvalue weighted by atomic mass is 10.1. The van der Waals surface area contributed by atoms with E-state index in [9.17, 15) is 0 Å². The normalized spacial score (nSPS) is 10.8. The zero-order valence-electron chi connectivity index (χ0n) is 12.3. The highest BCUT2D eigenvalue weighted by Gasteiger charge is 2.19. The summed E-state index contributed by atoms with van der Waals surface area (Å²) in [5, 5.41) is 0.703. The van der Waals surface area contributed by atoms with Gasteiger partial charge in [-0.15, -0.1) is 0 Å². The number of hydrogen-bond donors (Lipinski definition) is 0. The smallest absolute Gasteiger partial charge is 0.171 e. The van der Waals surface area contributed by atoms with Crippen molar-refractivity contribution < 1.29 is 9.47 Å². The first-order valence-electron chi connectivity index (χ1n) is 6.43. The summed E-state index contributed by atoms with van der Waals surface area (Å²) in [5.41, 5.74) is 1.42. The second-order valence-electron chi connectivity index (χ2n) is 4.74. The molecule has 2 aromatic rings. The number of benzene rings is 1. The zero-order valence-corrected chi connectivity index (χ0v) is 13.8. The third kappa shape index (κ3) is 3.06. The Morgan fingerprint density at radius 2 is 1.62 bits per heavy atom. The van der Waals surface area contributed by atoms with Crippen LogP contribution in [0.3, 0.4) is 0 Å². The zero-order chi connectivity index (χ0) is 15.6. The van der Waals surface area contributed by atoms with Gasteiger partial charge in [0, 0.05) is 5.56 Å². The minimum atomic E-state index is 0.145. The molecule has 1 heterocycles. The lowest BCUT2D eigenvalue weighted by molar-refractivity contribution is 0.356. The number of methoxy groups -OCH3 is 2. The molecule has 0 radical (unpaired) electrons. The van der Waals surface area contributed by atoms with E-state index in [0.29, 0.717) is 33.2 Å². The molecule has 0 spiro atoms. The Hall–Kier alpha value is -1.52. The molecule has 0 fully saturated rings. The van der Waals surface area contributed by atoms with E-state index in [1.54, 1.807) is 20.3 Å². The molecule has 6 heteroatoms. The second-order valence-corrected chi connectivity index (χ2v) is 5.45. The Balaban J connectivity index is 2.63. The average Bonchev–Trinajstić information content (AvgIpc) is 2.44. The summed E-state index contributed by atoms with van der Waals surface area (Å²) in [4.78, 5) is 8.69. The summed E-state index contributed by atoms with van der Waals surface area (Å²) in [6, 6.07) is 5.46. The molecule has 1 aromatic carbocycles. The highest BCUT2D eigenvalue weighted by molar-refractivity contribution is 6.34. The predicted octanol–water partition coefficient (Wildman–Crippen LogP) is 4.59. The van der Waals surface area contributed by atoms with Crippen LogP contribution < -0.4 is 9.47 Å². The molecule has 0 unspecified atom stereocenters. The van der Waals surface area contributed by atoms with Crippen LogP contribution in [0.1, 0.15) is 25.3 Å². The van der Waals surface area contributed by atoms with E-state index in [0.717, 1.165) is 5.56 Å². The monoisotopic (exact) mass is 326 g/mol. The highest BCUT2D eigenvalue weighted by atomic mass is 35.5. The van der Waals surface area contributed by atoms with Gasteiger partial charge in [0.1, 0.15) is 10.3 Å². The third-order valence-electron chi connectivity index (χ3n) is 3.07. The van der Waals surface area contributed by atoms with E-state index in [4.69, 9.17) is 32.7 Å². The standard InChI is InChI=1S/C15H16Cl2N2O2/c1-8(2)11-13(16)18-15(19-14(11)17)9-6-5-7-10(20-3)12(9)21-4/h5-8H,1-4H3. The quantitative estimate of drug-likeness (QED) is 0.771. The summed E-state index contributed by atoms with van der Waals surface area (Å²) in [7, 11) is 3.14. The summed E-state index contributed by atoms with van der Waals surface area (Å²) >= 11 is 12.5. The lowest BCUT2D eigenvalue weighted by Gasteiger charge is -2.14. The van der Waals surface area contributed by atoms with Gasteiger partial charge in [-0.25, -0.2) is 9.97 Å². The highest BCUT2D eigenvalue weighted by Crippen LogP contribution is 2.38. The number of para-hydroxylation sites is 1. The van der Waals surface area contributed by atoms with Gasteiger partial charge in [0.05, 0.1) is 19.8 Å². The molecule has 0 aliphatic heterocycles. The topological polar surface area (TPSA) is 44.2 Å². The van der Waals surface area contributed by atoms with E-state index in [1.807, 2.05) is 26.0 Å². The van der Waals surface area contributed by atoms with Crippen molar-refractivity contribution in [2.45, 2.75) is 19.8 Å². The summed E-state index contributed by atoms with van der Waals surface area (Å²) in [5.74, 6) is 1.69. The van der Waals surface area contributed by atoms with Crippen LogP contribution in [-0.2, 0) is 0 Å². The van der Waals surface area contributed by atoms with Gasteiger partial charge in [-0.3, -0.25) is 0 Å². The average molecular weight is 327 g/mol. The van der Waals surface area contributed by atoms with Gasteiger partial charge >= 0.3 is 0 Å². The van der Waals surface area contributed by atoms with Crippen molar-refractivity contribution in [3.63, 3.8) is 0 Å². The van der Waals surface area contributed by atoms with Crippen molar-refractivity contribution in [1.29, 1.82) is 0 Å². The van der Waals surface area contributed by atoms with E-state index in [1.165, 1.54) is 0 Å².